The van der Waals surface area contributed by atoms with Crippen LogP contribution in [0.25, 0.3) is 0 Å². The molecule has 18 heavy (non-hydrogen) atoms. The van der Waals surface area contributed by atoms with Crippen LogP contribution in [0.4, 0.5) is 0 Å². The minimum absolute atomic E-state index is 0.0953. The van der Waals surface area contributed by atoms with E-state index in [0.717, 1.165) is 6.42 Å². The van der Waals surface area contributed by atoms with Crippen molar-refractivity contribution in [2.45, 2.75) is 44.3 Å². The summed E-state index contributed by atoms with van der Waals surface area (Å²) in [5, 5.41) is 2.17. The number of rotatable bonds is 3. The Balaban J connectivity index is 2.01. The molecule has 1 saturated carbocycles. The van der Waals surface area contributed by atoms with Gasteiger partial charge in [-0.25, -0.2) is 8.42 Å². The highest BCUT2D eigenvalue weighted by Gasteiger charge is 2.41. The number of amides is 2. The predicted octanol–water partition coefficient (Wildman–Crippen LogP) is -0.0988. The van der Waals surface area contributed by atoms with Crippen LogP contribution >= 0.6 is 0 Å². The average molecular weight is 274 g/mol. The van der Waals surface area contributed by atoms with Gasteiger partial charge < -0.3 is 5.32 Å². The first-order chi connectivity index (χ1) is 8.33. The van der Waals surface area contributed by atoms with E-state index < -0.39 is 26.6 Å². The molecule has 2 aliphatic rings. The van der Waals surface area contributed by atoms with Crippen molar-refractivity contribution in [1.82, 2.24) is 10.0 Å². The van der Waals surface area contributed by atoms with E-state index >= 15 is 0 Å². The Labute approximate surface area is 107 Å². The highest BCUT2D eigenvalue weighted by atomic mass is 32.2. The zero-order valence-electron chi connectivity index (χ0n) is 10.4. The normalized spacial score (nSPS) is 29.3. The zero-order chi connectivity index (χ0) is 13.4. The fourth-order valence-corrected chi connectivity index (χ4v) is 3.70. The molecule has 1 atom stereocenters. The zero-order valence-corrected chi connectivity index (χ0v) is 11.2. The number of carbonyl (C=O) groups excluding carboxylic acids is 2. The Kier molecular flexibility index (Phi) is 3.35. The van der Waals surface area contributed by atoms with E-state index in [-0.39, 0.29) is 18.9 Å². The van der Waals surface area contributed by atoms with Crippen LogP contribution < -0.4 is 10.0 Å². The van der Waals surface area contributed by atoms with Gasteiger partial charge in [0.1, 0.15) is 0 Å². The first kappa shape index (κ1) is 13.3. The lowest BCUT2D eigenvalue weighted by molar-refractivity contribution is -0.133. The monoisotopic (exact) mass is 274 g/mol. The van der Waals surface area contributed by atoms with Crippen molar-refractivity contribution in [1.29, 1.82) is 0 Å². The van der Waals surface area contributed by atoms with Crippen LogP contribution in [0.15, 0.2) is 0 Å². The molecular weight excluding hydrogens is 256 g/mol. The third kappa shape index (κ3) is 2.50. The first-order valence-corrected chi connectivity index (χ1v) is 7.71. The fourth-order valence-electron chi connectivity index (χ4n) is 2.07. The topological polar surface area (TPSA) is 92.3 Å². The lowest BCUT2D eigenvalue weighted by Gasteiger charge is -2.33. The molecule has 2 N–H and O–H groups in total. The van der Waals surface area contributed by atoms with Crippen molar-refractivity contribution < 1.29 is 18.0 Å². The highest BCUT2D eigenvalue weighted by molar-refractivity contribution is 7.90. The van der Waals surface area contributed by atoms with E-state index in [2.05, 4.69) is 10.0 Å². The second-order valence-electron chi connectivity index (χ2n) is 5.37. The van der Waals surface area contributed by atoms with Gasteiger partial charge in [0.15, 0.2) is 0 Å². The molecule has 1 aliphatic carbocycles. The van der Waals surface area contributed by atoms with Gasteiger partial charge >= 0.3 is 0 Å². The van der Waals surface area contributed by atoms with E-state index in [1.807, 2.05) is 0 Å². The van der Waals surface area contributed by atoms with Crippen LogP contribution in [0.5, 0.6) is 0 Å². The molecular formula is C11H18N2O4S. The maximum Gasteiger partial charge on any atom is 0.241 e. The molecule has 6 nitrogen and oxygen atoms in total. The van der Waals surface area contributed by atoms with Gasteiger partial charge in [-0.3, -0.25) is 14.3 Å². The molecule has 1 heterocycles. The summed E-state index contributed by atoms with van der Waals surface area (Å²) in [6, 6.07) is 0. The minimum Gasteiger partial charge on any atom is -0.355 e. The van der Waals surface area contributed by atoms with Gasteiger partial charge in [0, 0.05) is 13.0 Å². The number of carbonyl (C=O) groups is 2. The van der Waals surface area contributed by atoms with E-state index in [1.54, 1.807) is 6.92 Å². The molecule has 1 unspecified atom stereocenters. The SMILES string of the molecule is CC1(C(=O)NS(=O)(=O)C2CCC2)CCC(=O)NC1. The quantitative estimate of drug-likeness (QED) is 0.751. The van der Waals surface area contributed by atoms with Crippen molar-refractivity contribution in [3.63, 3.8) is 0 Å². The summed E-state index contributed by atoms with van der Waals surface area (Å²) in [7, 11) is -3.54. The molecule has 0 aromatic rings. The number of piperidine rings is 1. The first-order valence-electron chi connectivity index (χ1n) is 6.16. The molecule has 102 valence electrons. The Morgan fingerprint density at radius 1 is 1.44 bits per heavy atom. The fraction of sp³-hybridized carbons (Fsp3) is 0.818. The van der Waals surface area contributed by atoms with E-state index in [9.17, 15) is 18.0 Å². The van der Waals surface area contributed by atoms with Gasteiger partial charge in [-0.05, 0) is 26.2 Å². The van der Waals surface area contributed by atoms with Crippen LogP contribution in [0.2, 0.25) is 0 Å². The minimum atomic E-state index is -3.54. The maximum absolute atomic E-state index is 12.0. The summed E-state index contributed by atoms with van der Waals surface area (Å²) in [5.41, 5.74) is -0.829. The number of hydrogen-bond acceptors (Lipinski definition) is 4. The van der Waals surface area contributed by atoms with Crippen LogP contribution in [0.3, 0.4) is 0 Å². The Bertz CT molecular complexity index is 457. The summed E-state index contributed by atoms with van der Waals surface area (Å²) in [5.74, 6) is -0.600. The number of hydrogen-bond donors (Lipinski definition) is 2. The summed E-state index contributed by atoms with van der Waals surface area (Å²) in [4.78, 5) is 23.1. The third-order valence-corrected chi connectivity index (χ3v) is 5.67. The predicted molar refractivity (Wildman–Crippen MR) is 65.1 cm³/mol. The van der Waals surface area contributed by atoms with E-state index in [0.29, 0.717) is 19.3 Å². The van der Waals surface area contributed by atoms with Gasteiger partial charge in [0.2, 0.25) is 21.8 Å². The highest BCUT2D eigenvalue weighted by Crippen LogP contribution is 2.29. The number of sulfonamides is 1. The van der Waals surface area contributed by atoms with Gasteiger partial charge in [-0.15, -0.1) is 0 Å². The van der Waals surface area contributed by atoms with Crippen LogP contribution in [0.1, 0.15) is 39.0 Å². The van der Waals surface area contributed by atoms with Crippen molar-refractivity contribution >= 4 is 21.8 Å². The molecule has 2 fully saturated rings. The van der Waals surface area contributed by atoms with Crippen molar-refractivity contribution in [3.8, 4) is 0 Å². The Morgan fingerprint density at radius 2 is 2.11 bits per heavy atom. The van der Waals surface area contributed by atoms with E-state index in [4.69, 9.17) is 0 Å². The van der Waals surface area contributed by atoms with Crippen molar-refractivity contribution in [2.24, 2.45) is 5.41 Å². The third-order valence-electron chi connectivity index (χ3n) is 3.85. The molecule has 7 heteroatoms. The Hall–Kier alpha value is -1.11. The summed E-state index contributed by atoms with van der Waals surface area (Å²) in [6.07, 6.45) is 2.78. The van der Waals surface area contributed by atoms with Crippen molar-refractivity contribution in [2.75, 3.05) is 6.54 Å². The lowest BCUT2D eigenvalue weighted by Crippen LogP contribution is -2.53. The standard InChI is InChI=1S/C11H18N2O4S/c1-11(6-5-9(14)12-7-11)10(15)13-18(16,17)8-3-2-4-8/h8H,2-7H2,1H3,(H,12,14)(H,13,15). The van der Waals surface area contributed by atoms with E-state index in [1.165, 1.54) is 0 Å². The summed E-state index contributed by atoms with van der Waals surface area (Å²) in [6.45, 7) is 1.87. The maximum atomic E-state index is 12.0. The van der Waals surface area contributed by atoms with Gasteiger partial charge in [0.05, 0.1) is 10.7 Å². The number of nitrogens with one attached hydrogen (secondary N) is 2. The largest absolute Gasteiger partial charge is 0.355 e. The molecule has 0 spiro atoms. The van der Waals surface area contributed by atoms with Crippen LogP contribution in [-0.4, -0.2) is 32.0 Å². The molecule has 0 radical (unpaired) electrons. The molecule has 1 aliphatic heterocycles. The Morgan fingerprint density at radius 3 is 2.56 bits per heavy atom. The molecule has 1 saturated heterocycles. The summed E-state index contributed by atoms with van der Waals surface area (Å²) >= 11 is 0. The average Bonchev–Trinajstić information content (AvgIpc) is 2.18. The second-order valence-corrected chi connectivity index (χ2v) is 7.33. The van der Waals surface area contributed by atoms with Gasteiger partial charge in [0.25, 0.3) is 0 Å². The van der Waals surface area contributed by atoms with Crippen LogP contribution in [-0.2, 0) is 19.6 Å². The van der Waals surface area contributed by atoms with Crippen LogP contribution in [0, 0.1) is 5.41 Å². The summed E-state index contributed by atoms with van der Waals surface area (Å²) < 4.78 is 25.9. The lowest BCUT2D eigenvalue weighted by atomic mass is 9.82. The van der Waals surface area contributed by atoms with Gasteiger partial charge in [-0.2, -0.15) is 0 Å². The molecule has 0 aromatic carbocycles. The molecule has 0 bridgehead atoms. The molecule has 0 aromatic heterocycles. The van der Waals surface area contributed by atoms with Crippen molar-refractivity contribution in [3.05, 3.63) is 0 Å². The van der Waals surface area contributed by atoms with Gasteiger partial charge in [-0.1, -0.05) is 6.42 Å². The second kappa shape index (κ2) is 4.53. The molecule has 2 rings (SSSR count). The molecule has 2 amide bonds. The smallest absolute Gasteiger partial charge is 0.241 e.